The van der Waals surface area contributed by atoms with Crippen LogP contribution in [0.25, 0.3) is 5.69 Å². The highest BCUT2D eigenvalue weighted by Gasteiger charge is 2.26. The number of aromatic nitrogens is 2. The number of benzene rings is 2. The molecule has 1 aromatic heterocycles. The highest BCUT2D eigenvalue weighted by Crippen LogP contribution is 2.34. The van der Waals surface area contributed by atoms with E-state index in [9.17, 15) is 9.59 Å². The lowest BCUT2D eigenvalue weighted by atomic mass is 10.2. The molecule has 0 atom stereocenters. The Bertz CT molecular complexity index is 1010. The van der Waals surface area contributed by atoms with Gasteiger partial charge < -0.3 is 10.2 Å². The number of nitrogens with one attached hydrogen (secondary N) is 1. The van der Waals surface area contributed by atoms with Crippen LogP contribution in [0, 0.1) is 6.92 Å². The fourth-order valence-electron chi connectivity index (χ4n) is 3.03. The predicted molar refractivity (Wildman–Crippen MR) is 106 cm³/mol. The molecule has 0 fully saturated rings. The Morgan fingerprint density at radius 1 is 1.19 bits per heavy atom. The standard InChI is InChI=1S/C20H18N4O2S/c1-14-9-10-21-24(14)16-6-4-5-15(11-16)22-19(25)12-23-17-7-2-3-8-18(17)27-13-20(23)26/h2-11H,12-13H2,1H3,(H,22,25). The van der Waals surface area contributed by atoms with Gasteiger partial charge in [0.05, 0.1) is 17.1 Å². The maximum atomic E-state index is 12.6. The van der Waals surface area contributed by atoms with Crippen LogP contribution in [0.2, 0.25) is 0 Å². The van der Waals surface area contributed by atoms with Crippen molar-refractivity contribution in [3.8, 4) is 5.69 Å². The summed E-state index contributed by atoms with van der Waals surface area (Å²) >= 11 is 1.50. The smallest absolute Gasteiger partial charge is 0.244 e. The van der Waals surface area contributed by atoms with Gasteiger partial charge in [-0.25, -0.2) is 4.68 Å². The Morgan fingerprint density at radius 2 is 2.04 bits per heavy atom. The van der Waals surface area contributed by atoms with Gasteiger partial charge in [-0.05, 0) is 43.3 Å². The topological polar surface area (TPSA) is 67.2 Å². The quantitative estimate of drug-likeness (QED) is 0.757. The number of hydrogen-bond acceptors (Lipinski definition) is 4. The summed E-state index contributed by atoms with van der Waals surface area (Å²) in [4.78, 5) is 27.4. The van der Waals surface area contributed by atoms with Gasteiger partial charge in [-0.15, -0.1) is 11.8 Å². The maximum Gasteiger partial charge on any atom is 0.244 e. The predicted octanol–water partition coefficient (Wildman–Crippen LogP) is 3.26. The molecule has 0 unspecified atom stereocenters. The highest BCUT2D eigenvalue weighted by molar-refractivity contribution is 8.00. The summed E-state index contributed by atoms with van der Waals surface area (Å²) in [7, 11) is 0. The first-order valence-electron chi connectivity index (χ1n) is 8.55. The first-order valence-corrected chi connectivity index (χ1v) is 9.53. The monoisotopic (exact) mass is 378 g/mol. The third-order valence-electron chi connectivity index (χ3n) is 4.32. The van der Waals surface area contributed by atoms with Gasteiger partial charge in [0.25, 0.3) is 0 Å². The molecule has 1 aliphatic rings. The second-order valence-corrected chi connectivity index (χ2v) is 7.24. The molecule has 2 aromatic carbocycles. The first kappa shape index (κ1) is 17.4. The van der Waals surface area contributed by atoms with E-state index in [0.717, 1.165) is 22.0 Å². The van der Waals surface area contributed by atoms with E-state index in [1.807, 2.05) is 61.5 Å². The summed E-state index contributed by atoms with van der Waals surface area (Å²) in [6.45, 7) is 1.96. The number of thioether (sulfide) groups is 1. The van der Waals surface area contributed by atoms with Crippen molar-refractivity contribution in [1.29, 1.82) is 0 Å². The lowest BCUT2D eigenvalue weighted by molar-refractivity contribution is -0.120. The lowest BCUT2D eigenvalue weighted by Gasteiger charge is -2.28. The molecular formula is C20H18N4O2S. The molecule has 136 valence electrons. The van der Waals surface area contributed by atoms with E-state index in [0.29, 0.717) is 11.4 Å². The summed E-state index contributed by atoms with van der Waals surface area (Å²) in [5.41, 5.74) is 3.33. The Balaban J connectivity index is 1.51. The molecule has 4 rings (SSSR count). The zero-order chi connectivity index (χ0) is 18.8. The number of nitrogens with zero attached hydrogens (tertiary/aromatic N) is 3. The van der Waals surface area contributed by atoms with E-state index < -0.39 is 0 Å². The van der Waals surface area contributed by atoms with Gasteiger partial charge in [-0.3, -0.25) is 9.59 Å². The number of amides is 2. The summed E-state index contributed by atoms with van der Waals surface area (Å²) in [6, 6.07) is 17.0. The highest BCUT2D eigenvalue weighted by atomic mass is 32.2. The average Bonchev–Trinajstić information content (AvgIpc) is 3.10. The molecule has 0 saturated heterocycles. The fourth-order valence-corrected chi connectivity index (χ4v) is 3.96. The van der Waals surface area contributed by atoms with Crippen LogP contribution < -0.4 is 10.2 Å². The number of para-hydroxylation sites is 1. The van der Waals surface area contributed by atoms with Crippen LogP contribution in [-0.4, -0.2) is 33.9 Å². The van der Waals surface area contributed by atoms with Crippen LogP contribution in [0.4, 0.5) is 11.4 Å². The average molecular weight is 378 g/mol. The Morgan fingerprint density at radius 3 is 2.85 bits per heavy atom. The van der Waals surface area contributed by atoms with Crippen molar-refractivity contribution in [3.63, 3.8) is 0 Å². The Kier molecular flexibility index (Phi) is 4.68. The largest absolute Gasteiger partial charge is 0.324 e. The molecule has 3 aromatic rings. The second-order valence-electron chi connectivity index (χ2n) is 6.22. The van der Waals surface area contributed by atoms with E-state index in [4.69, 9.17) is 0 Å². The zero-order valence-corrected chi connectivity index (χ0v) is 15.6. The number of carbonyl (C=O) groups excluding carboxylic acids is 2. The van der Waals surface area contributed by atoms with Crippen LogP contribution in [0.5, 0.6) is 0 Å². The van der Waals surface area contributed by atoms with Crippen molar-refractivity contribution in [2.45, 2.75) is 11.8 Å². The summed E-state index contributed by atoms with van der Waals surface area (Å²) in [5.74, 6) is 0.0485. The molecule has 1 N–H and O–H groups in total. The molecular weight excluding hydrogens is 360 g/mol. The Hall–Kier alpha value is -3.06. The molecule has 0 spiro atoms. The molecule has 27 heavy (non-hydrogen) atoms. The minimum atomic E-state index is -0.237. The molecule has 6 nitrogen and oxygen atoms in total. The summed E-state index contributed by atoms with van der Waals surface area (Å²) < 4.78 is 1.80. The molecule has 2 amide bonds. The van der Waals surface area contributed by atoms with Crippen LogP contribution in [-0.2, 0) is 9.59 Å². The van der Waals surface area contributed by atoms with Crippen LogP contribution >= 0.6 is 11.8 Å². The van der Waals surface area contributed by atoms with Crippen molar-refractivity contribution < 1.29 is 9.59 Å². The number of rotatable bonds is 4. The normalized spacial score (nSPS) is 13.4. The van der Waals surface area contributed by atoms with E-state index >= 15 is 0 Å². The van der Waals surface area contributed by atoms with Gasteiger partial charge >= 0.3 is 0 Å². The number of fused-ring (bicyclic) bond motifs is 1. The van der Waals surface area contributed by atoms with Crippen LogP contribution in [0.3, 0.4) is 0 Å². The molecule has 2 heterocycles. The SMILES string of the molecule is Cc1ccnn1-c1cccc(NC(=O)CN2C(=O)CSc3ccccc32)c1. The van der Waals surface area contributed by atoms with Gasteiger partial charge in [0.15, 0.2) is 0 Å². The lowest BCUT2D eigenvalue weighted by Crippen LogP contribution is -2.41. The van der Waals surface area contributed by atoms with Crippen molar-refractivity contribution in [3.05, 3.63) is 66.5 Å². The van der Waals surface area contributed by atoms with Gasteiger partial charge in [0, 0.05) is 22.5 Å². The fraction of sp³-hybridized carbons (Fsp3) is 0.150. The number of carbonyl (C=O) groups is 2. The number of hydrogen-bond donors (Lipinski definition) is 1. The van der Waals surface area contributed by atoms with E-state index in [1.54, 1.807) is 15.8 Å². The molecule has 0 saturated carbocycles. The van der Waals surface area contributed by atoms with E-state index in [1.165, 1.54) is 11.8 Å². The van der Waals surface area contributed by atoms with E-state index in [2.05, 4.69) is 10.4 Å². The van der Waals surface area contributed by atoms with Crippen LogP contribution in [0.1, 0.15) is 5.69 Å². The number of aryl methyl sites for hydroxylation is 1. The minimum Gasteiger partial charge on any atom is -0.324 e. The maximum absolute atomic E-state index is 12.6. The first-order chi connectivity index (χ1) is 13.1. The van der Waals surface area contributed by atoms with Gasteiger partial charge in [-0.2, -0.15) is 5.10 Å². The van der Waals surface area contributed by atoms with Crippen molar-refractivity contribution in [2.75, 3.05) is 22.5 Å². The molecule has 0 aliphatic carbocycles. The van der Waals surface area contributed by atoms with E-state index in [-0.39, 0.29) is 18.4 Å². The van der Waals surface area contributed by atoms with Crippen molar-refractivity contribution >= 4 is 35.0 Å². The van der Waals surface area contributed by atoms with Gasteiger partial charge in [0.1, 0.15) is 6.54 Å². The van der Waals surface area contributed by atoms with Crippen LogP contribution in [0.15, 0.2) is 65.7 Å². The molecule has 7 heteroatoms. The van der Waals surface area contributed by atoms with Gasteiger partial charge in [0.2, 0.25) is 11.8 Å². The summed E-state index contributed by atoms with van der Waals surface area (Å²) in [6.07, 6.45) is 1.73. The third kappa shape index (κ3) is 3.59. The molecule has 0 radical (unpaired) electrons. The third-order valence-corrected chi connectivity index (χ3v) is 5.36. The summed E-state index contributed by atoms with van der Waals surface area (Å²) in [5, 5.41) is 7.17. The second kappa shape index (κ2) is 7.28. The minimum absolute atomic E-state index is 0.0125. The Labute approximate surface area is 161 Å². The number of anilines is 2. The molecule has 0 bridgehead atoms. The van der Waals surface area contributed by atoms with Gasteiger partial charge in [-0.1, -0.05) is 18.2 Å². The molecule has 1 aliphatic heterocycles. The zero-order valence-electron chi connectivity index (χ0n) is 14.8. The van der Waals surface area contributed by atoms with Crippen molar-refractivity contribution in [2.24, 2.45) is 0 Å². The van der Waals surface area contributed by atoms with Crippen molar-refractivity contribution in [1.82, 2.24) is 9.78 Å².